The Morgan fingerprint density at radius 2 is 1.71 bits per heavy atom. The highest BCUT2D eigenvalue weighted by Gasteiger charge is 2.29. The van der Waals surface area contributed by atoms with Crippen molar-refractivity contribution in [3.05, 3.63) is 64.2 Å². The number of hydrogen-bond donors (Lipinski definition) is 3. The number of hydrogen-bond acceptors (Lipinski definition) is 5. The molecule has 3 atom stereocenters. The second-order valence-corrected chi connectivity index (χ2v) is 11.4. The van der Waals surface area contributed by atoms with Crippen molar-refractivity contribution < 1.29 is 19.4 Å². The second-order valence-electron chi connectivity index (χ2n) is 11.0. The van der Waals surface area contributed by atoms with Gasteiger partial charge in [-0.2, -0.15) is 0 Å². The number of nitrogens with one attached hydrogen (secondary N) is 2. The predicted molar refractivity (Wildman–Crippen MR) is 170 cm³/mol. The molecule has 0 radical (unpaired) electrons. The summed E-state index contributed by atoms with van der Waals surface area (Å²) in [6.07, 6.45) is 2.92. The Hall–Kier alpha value is -2.61. The topological polar surface area (TPSA) is 90.9 Å². The highest BCUT2D eigenvalue weighted by molar-refractivity contribution is 6.34. The van der Waals surface area contributed by atoms with Crippen molar-refractivity contribution in [3.8, 4) is 5.75 Å². The summed E-state index contributed by atoms with van der Waals surface area (Å²) < 4.78 is 5.64. The van der Waals surface area contributed by atoms with Gasteiger partial charge in [0.15, 0.2) is 5.78 Å². The van der Waals surface area contributed by atoms with Crippen molar-refractivity contribution in [1.29, 1.82) is 0 Å². The van der Waals surface area contributed by atoms with E-state index in [4.69, 9.17) is 16.3 Å². The molecule has 1 unspecified atom stereocenters. The normalized spacial score (nSPS) is 13.0. The lowest BCUT2D eigenvalue weighted by atomic mass is 9.87. The van der Waals surface area contributed by atoms with Gasteiger partial charge in [0.2, 0.25) is 0 Å². The number of halogens is 1. The number of aryl methyl sites for hydroxylation is 1. The van der Waals surface area contributed by atoms with Crippen molar-refractivity contribution in [2.75, 3.05) is 20.3 Å². The van der Waals surface area contributed by atoms with E-state index < -0.39 is 0 Å². The lowest BCUT2D eigenvalue weighted by Crippen LogP contribution is -2.49. The van der Waals surface area contributed by atoms with E-state index in [9.17, 15) is 14.7 Å². The van der Waals surface area contributed by atoms with E-state index in [1.54, 1.807) is 30.0 Å². The van der Waals surface area contributed by atoms with Gasteiger partial charge in [0.1, 0.15) is 5.75 Å². The predicted octanol–water partition coefficient (Wildman–Crippen LogP) is 7.02. The van der Waals surface area contributed by atoms with Crippen LogP contribution in [0.1, 0.15) is 88.7 Å². The third-order valence-electron chi connectivity index (χ3n) is 6.93. The molecule has 0 fully saturated rings. The number of nitrogens with zero attached hydrogens (tertiary/aromatic N) is 1. The zero-order chi connectivity index (χ0) is 30.9. The van der Waals surface area contributed by atoms with Crippen molar-refractivity contribution in [2.24, 2.45) is 5.92 Å². The summed E-state index contributed by atoms with van der Waals surface area (Å²) in [7, 11) is 1.95. The Labute approximate surface area is 253 Å². The number of carbonyl (C=O) groups is 2. The maximum atomic E-state index is 13.6. The van der Waals surface area contributed by atoms with Crippen LogP contribution in [0.5, 0.6) is 5.75 Å². The molecular weight excluding hydrogens is 538 g/mol. The molecule has 0 bridgehead atoms. The van der Waals surface area contributed by atoms with Gasteiger partial charge < -0.3 is 25.4 Å². The molecule has 230 valence electrons. The van der Waals surface area contributed by atoms with Crippen molar-refractivity contribution in [1.82, 2.24) is 15.5 Å². The number of Topliss-reactive ketones (excluding diaryl/α,β-unsaturated/α-hetero) is 1. The van der Waals surface area contributed by atoms with Crippen molar-refractivity contribution >= 4 is 23.4 Å². The zero-order valence-corrected chi connectivity index (χ0v) is 27.1. The Morgan fingerprint density at radius 3 is 2.24 bits per heavy atom. The van der Waals surface area contributed by atoms with E-state index >= 15 is 0 Å². The SMILES string of the molecule is CCCOc1ccc(C(=O)[C@@H](CCC)C[C@@H](C)N(Cc2ccccc2C)C(=O)NC(C)CO)c(Cl)c1.CNC(C)C. The summed E-state index contributed by atoms with van der Waals surface area (Å²) in [4.78, 5) is 28.5. The van der Waals surface area contributed by atoms with E-state index in [-0.39, 0.29) is 36.4 Å². The largest absolute Gasteiger partial charge is 0.494 e. The standard InChI is InChI=1S/C29H41ClN2O4.C4H11N/c1-6-10-23(28(34)26-14-13-25(17-27(26)30)36-15-7-2)16-22(5)32(29(35)31-21(4)19-33)18-24-12-9-8-11-20(24)3;1-4(2)5-3/h8-9,11-14,17,21-23,33H,6-7,10,15-16,18-19H2,1-5H3,(H,31,35);4-5H,1-3H3/t21?,22-,23+;/m1./s1. The van der Waals surface area contributed by atoms with E-state index in [1.165, 1.54) is 0 Å². The summed E-state index contributed by atoms with van der Waals surface area (Å²) in [5.74, 6) is 0.348. The fourth-order valence-corrected chi connectivity index (χ4v) is 4.47. The minimum Gasteiger partial charge on any atom is -0.494 e. The van der Waals surface area contributed by atoms with Gasteiger partial charge in [-0.25, -0.2) is 4.79 Å². The maximum Gasteiger partial charge on any atom is 0.318 e. The lowest BCUT2D eigenvalue weighted by Gasteiger charge is -2.33. The van der Waals surface area contributed by atoms with Crippen LogP contribution in [-0.4, -0.2) is 60.2 Å². The molecule has 0 saturated heterocycles. The third-order valence-corrected chi connectivity index (χ3v) is 7.24. The first-order valence-electron chi connectivity index (χ1n) is 14.8. The molecule has 0 aliphatic carbocycles. The fraction of sp³-hybridized carbons (Fsp3) is 0.576. The molecule has 0 heterocycles. The smallest absolute Gasteiger partial charge is 0.318 e. The highest BCUT2D eigenvalue weighted by Crippen LogP contribution is 2.29. The number of aliphatic hydroxyl groups excluding tert-OH is 1. The van der Waals surface area contributed by atoms with Crippen LogP contribution in [0.25, 0.3) is 0 Å². The van der Waals surface area contributed by atoms with Crippen molar-refractivity contribution in [2.45, 2.75) is 98.8 Å². The molecular formula is C33H52ClN3O4. The second kappa shape index (κ2) is 19.5. The number of amides is 2. The number of rotatable bonds is 15. The number of benzene rings is 2. The minimum absolute atomic E-state index is 0.0179. The molecule has 41 heavy (non-hydrogen) atoms. The van der Waals surface area contributed by atoms with Crippen LogP contribution in [0.4, 0.5) is 4.79 Å². The molecule has 0 saturated carbocycles. The molecule has 0 aliphatic rings. The Balaban J connectivity index is 0.00000154. The van der Waals surface area contributed by atoms with Crippen LogP contribution in [0, 0.1) is 12.8 Å². The lowest BCUT2D eigenvalue weighted by molar-refractivity contribution is 0.0871. The first-order chi connectivity index (χ1) is 19.5. The fourth-order valence-electron chi connectivity index (χ4n) is 4.21. The van der Waals surface area contributed by atoms with Gasteiger partial charge in [0.05, 0.1) is 24.3 Å². The minimum atomic E-state index is -0.371. The monoisotopic (exact) mass is 589 g/mol. The zero-order valence-electron chi connectivity index (χ0n) is 26.3. The van der Waals surface area contributed by atoms with Gasteiger partial charge in [-0.05, 0) is 76.4 Å². The third kappa shape index (κ3) is 12.8. The van der Waals surface area contributed by atoms with Crippen LogP contribution in [-0.2, 0) is 6.54 Å². The average Bonchev–Trinajstić information content (AvgIpc) is 2.95. The van der Waals surface area contributed by atoms with E-state index in [0.717, 1.165) is 24.0 Å². The molecule has 0 aromatic heterocycles. The summed E-state index contributed by atoms with van der Waals surface area (Å²) in [5.41, 5.74) is 2.62. The summed E-state index contributed by atoms with van der Waals surface area (Å²) in [5, 5.41) is 15.7. The van der Waals surface area contributed by atoms with Crippen LogP contribution in [0.2, 0.25) is 5.02 Å². The van der Waals surface area contributed by atoms with Crippen LogP contribution >= 0.6 is 11.6 Å². The van der Waals surface area contributed by atoms with Crippen LogP contribution in [0.3, 0.4) is 0 Å². The first-order valence-corrected chi connectivity index (χ1v) is 15.2. The molecule has 2 aromatic rings. The van der Waals surface area contributed by atoms with Gasteiger partial charge in [-0.3, -0.25) is 4.79 Å². The molecule has 3 N–H and O–H groups in total. The maximum absolute atomic E-state index is 13.6. The molecule has 0 spiro atoms. The molecule has 0 aliphatic heterocycles. The van der Waals surface area contributed by atoms with E-state index in [2.05, 4.69) is 31.4 Å². The first kappa shape index (κ1) is 36.4. The Morgan fingerprint density at radius 1 is 1.05 bits per heavy atom. The van der Waals surface area contributed by atoms with E-state index in [0.29, 0.717) is 48.4 Å². The van der Waals surface area contributed by atoms with Crippen LogP contribution in [0.15, 0.2) is 42.5 Å². The Bertz CT molecular complexity index is 1060. The summed E-state index contributed by atoms with van der Waals surface area (Å²) in [6.45, 7) is 14.9. The van der Waals surface area contributed by atoms with Gasteiger partial charge in [-0.15, -0.1) is 0 Å². The molecule has 2 rings (SSSR count). The summed E-state index contributed by atoms with van der Waals surface area (Å²) in [6, 6.07) is 13.0. The highest BCUT2D eigenvalue weighted by atomic mass is 35.5. The number of aliphatic hydroxyl groups is 1. The quantitative estimate of drug-likeness (QED) is 0.194. The van der Waals surface area contributed by atoms with E-state index in [1.807, 2.05) is 52.1 Å². The van der Waals surface area contributed by atoms with Gasteiger partial charge in [-0.1, -0.05) is 70.0 Å². The average molecular weight is 590 g/mol. The molecule has 7 nitrogen and oxygen atoms in total. The Kier molecular flexibility index (Phi) is 17.3. The number of ketones is 1. The number of ether oxygens (including phenoxy) is 1. The molecule has 2 aromatic carbocycles. The van der Waals surface area contributed by atoms with Gasteiger partial charge in [0.25, 0.3) is 0 Å². The number of urea groups is 1. The summed E-state index contributed by atoms with van der Waals surface area (Å²) >= 11 is 6.50. The van der Waals surface area contributed by atoms with Crippen molar-refractivity contribution in [3.63, 3.8) is 0 Å². The van der Waals surface area contributed by atoms with Gasteiger partial charge in [0, 0.05) is 30.1 Å². The number of carbonyl (C=O) groups excluding carboxylic acids is 2. The van der Waals surface area contributed by atoms with Gasteiger partial charge >= 0.3 is 6.03 Å². The van der Waals surface area contributed by atoms with Crippen LogP contribution < -0.4 is 15.4 Å². The molecule has 8 heteroatoms. The molecule has 2 amide bonds.